The molecule has 2 fully saturated rings. The van der Waals surface area contributed by atoms with Gasteiger partial charge in [-0.3, -0.25) is 0 Å². The Hall–Kier alpha value is -0.380. The number of piperidine rings is 1. The van der Waals surface area contributed by atoms with Crippen LogP contribution in [0.25, 0.3) is 0 Å². The largest absolute Gasteiger partial charge is 0.389 e. The van der Waals surface area contributed by atoms with E-state index in [0.717, 1.165) is 37.4 Å². The minimum absolute atomic E-state index is 0.362. The second-order valence-electron chi connectivity index (χ2n) is 9.15. The molecule has 4 rings (SSSR count). The molecule has 5 atom stereocenters. The first-order valence-corrected chi connectivity index (χ1v) is 9.53. The Morgan fingerprint density at radius 1 is 1.26 bits per heavy atom. The summed E-state index contributed by atoms with van der Waals surface area (Å²) in [7, 11) is 0. The zero-order chi connectivity index (χ0) is 16.6. The van der Waals surface area contributed by atoms with Crippen LogP contribution in [0.1, 0.15) is 47.0 Å². The standard InChI is InChI=1S/C20H35NO2/c1-14-7-15(2)10-21(9-14)11-18(22)13-23-12-16-5-6-17-8-19(16)20(17,3)4/h5,14-15,17-19,22H,6-13H2,1-4H3/t14-,15-,17+,18+,19-/m1/s1. The number of nitrogens with zero attached hydrogens (tertiary/aromatic N) is 1. The van der Waals surface area contributed by atoms with E-state index in [4.69, 9.17) is 4.74 Å². The number of ether oxygens (including phenoxy) is 1. The molecule has 1 saturated carbocycles. The highest BCUT2D eigenvalue weighted by Gasteiger charge is 2.50. The lowest BCUT2D eigenvalue weighted by Crippen LogP contribution is -2.48. The van der Waals surface area contributed by atoms with Crippen LogP contribution in [0.15, 0.2) is 11.6 Å². The number of hydrogen-bond acceptors (Lipinski definition) is 3. The van der Waals surface area contributed by atoms with Gasteiger partial charge in [0.15, 0.2) is 0 Å². The maximum absolute atomic E-state index is 10.3. The highest BCUT2D eigenvalue weighted by Crippen LogP contribution is 2.59. The summed E-state index contributed by atoms with van der Waals surface area (Å²) in [6, 6.07) is 0. The van der Waals surface area contributed by atoms with Crippen LogP contribution in [0.2, 0.25) is 0 Å². The van der Waals surface area contributed by atoms with E-state index in [2.05, 4.69) is 38.7 Å². The molecule has 0 aromatic rings. The summed E-state index contributed by atoms with van der Waals surface area (Å²) in [5, 5.41) is 10.3. The minimum atomic E-state index is -0.362. The maximum atomic E-state index is 10.3. The summed E-state index contributed by atoms with van der Waals surface area (Å²) >= 11 is 0. The van der Waals surface area contributed by atoms with Crippen LogP contribution < -0.4 is 0 Å². The van der Waals surface area contributed by atoms with E-state index in [1.807, 2.05) is 0 Å². The van der Waals surface area contributed by atoms with Crippen molar-refractivity contribution in [3.05, 3.63) is 11.6 Å². The van der Waals surface area contributed by atoms with Crippen LogP contribution in [0.3, 0.4) is 0 Å². The van der Waals surface area contributed by atoms with Gasteiger partial charge in [0.1, 0.15) is 0 Å². The second-order valence-corrected chi connectivity index (χ2v) is 9.15. The van der Waals surface area contributed by atoms with Gasteiger partial charge in [0, 0.05) is 19.6 Å². The van der Waals surface area contributed by atoms with Crippen molar-refractivity contribution in [2.45, 2.75) is 53.1 Å². The Balaban J connectivity index is 1.38. The number of aliphatic hydroxyl groups is 1. The Kier molecular flexibility index (Phi) is 5.20. The molecular formula is C20H35NO2. The molecule has 1 heterocycles. The maximum Gasteiger partial charge on any atom is 0.0900 e. The van der Waals surface area contributed by atoms with E-state index < -0.39 is 0 Å². The molecule has 1 N–H and O–H groups in total. The van der Waals surface area contributed by atoms with E-state index >= 15 is 0 Å². The highest BCUT2D eigenvalue weighted by molar-refractivity contribution is 5.23. The monoisotopic (exact) mass is 321 g/mol. The van der Waals surface area contributed by atoms with Crippen molar-refractivity contribution in [1.29, 1.82) is 0 Å². The van der Waals surface area contributed by atoms with Gasteiger partial charge in [0.05, 0.1) is 19.3 Å². The van der Waals surface area contributed by atoms with Gasteiger partial charge in [-0.05, 0) is 53.9 Å². The van der Waals surface area contributed by atoms with Crippen molar-refractivity contribution in [1.82, 2.24) is 4.90 Å². The fourth-order valence-corrected chi connectivity index (χ4v) is 5.25. The van der Waals surface area contributed by atoms with Gasteiger partial charge >= 0.3 is 0 Å². The van der Waals surface area contributed by atoms with E-state index in [0.29, 0.717) is 24.5 Å². The number of fused-ring (bicyclic) bond motifs is 1. The lowest BCUT2D eigenvalue weighted by Gasteiger charge is -2.56. The summed E-state index contributed by atoms with van der Waals surface area (Å²) in [5.41, 5.74) is 1.94. The topological polar surface area (TPSA) is 32.7 Å². The molecule has 3 heteroatoms. The third-order valence-corrected chi connectivity index (χ3v) is 6.58. The van der Waals surface area contributed by atoms with Crippen LogP contribution in [-0.2, 0) is 4.74 Å². The third kappa shape index (κ3) is 3.83. The van der Waals surface area contributed by atoms with Crippen LogP contribution in [0.5, 0.6) is 0 Å². The second kappa shape index (κ2) is 6.85. The lowest BCUT2D eigenvalue weighted by molar-refractivity contribution is -0.0280. The molecule has 0 spiro atoms. The van der Waals surface area contributed by atoms with Gasteiger partial charge in [-0.1, -0.05) is 33.8 Å². The number of hydrogen-bond donors (Lipinski definition) is 1. The average molecular weight is 322 g/mol. The first kappa shape index (κ1) is 17.4. The molecule has 0 aromatic carbocycles. The van der Waals surface area contributed by atoms with Gasteiger partial charge in [-0.15, -0.1) is 0 Å². The zero-order valence-electron chi connectivity index (χ0n) is 15.4. The number of rotatable bonds is 6. The van der Waals surface area contributed by atoms with Gasteiger partial charge in [0.25, 0.3) is 0 Å². The molecule has 3 aliphatic carbocycles. The first-order chi connectivity index (χ1) is 10.9. The molecule has 3 nitrogen and oxygen atoms in total. The van der Waals surface area contributed by atoms with Crippen LogP contribution in [-0.4, -0.2) is 49.0 Å². The van der Waals surface area contributed by atoms with E-state index in [1.165, 1.54) is 24.8 Å². The van der Waals surface area contributed by atoms with Crippen molar-refractivity contribution in [2.75, 3.05) is 32.8 Å². The summed E-state index contributed by atoms with van der Waals surface area (Å²) in [6.45, 7) is 13.6. The fraction of sp³-hybridized carbons (Fsp3) is 0.900. The molecule has 1 saturated heterocycles. The van der Waals surface area contributed by atoms with Crippen molar-refractivity contribution in [2.24, 2.45) is 29.1 Å². The lowest BCUT2D eigenvalue weighted by atomic mass is 9.49. The van der Waals surface area contributed by atoms with E-state index in [9.17, 15) is 5.11 Å². The Morgan fingerprint density at radius 2 is 1.96 bits per heavy atom. The Labute approximate surface area is 142 Å². The zero-order valence-corrected chi connectivity index (χ0v) is 15.4. The van der Waals surface area contributed by atoms with Crippen molar-refractivity contribution in [3.8, 4) is 0 Å². The number of allylic oxidation sites excluding steroid dienone is 1. The molecule has 2 bridgehead atoms. The van der Waals surface area contributed by atoms with Crippen LogP contribution in [0.4, 0.5) is 0 Å². The van der Waals surface area contributed by atoms with Crippen LogP contribution in [0, 0.1) is 29.1 Å². The van der Waals surface area contributed by atoms with Gasteiger partial charge in [-0.2, -0.15) is 0 Å². The summed E-state index contributed by atoms with van der Waals surface area (Å²) < 4.78 is 5.87. The molecular weight excluding hydrogens is 286 g/mol. The molecule has 0 amide bonds. The average Bonchev–Trinajstić information content (AvgIpc) is 2.46. The normalized spacial score (nSPS) is 37.9. The predicted molar refractivity (Wildman–Crippen MR) is 94.3 cm³/mol. The van der Waals surface area contributed by atoms with Crippen molar-refractivity contribution in [3.63, 3.8) is 0 Å². The molecule has 1 aliphatic heterocycles. The Morgan fingerprint density at radius 3 is 2.57 bits per heavy atom. The van der Waals surface area contributed by atoms with E-state index in [1.54, 1.807) is 0 Å². The fourth-order valence-electron chi connectivity index (χ4n) is 5.25. The molecule has 0 unspecified atom stereocenters. The molecule has 23 heavy (non-hydrogen) atoms. The Bertz CT molecular complexity index is 435. The third-order valence-electron chi connectivity index (χ3n) is 6.58. The molecule has 132 valence electrons. The van der Waals surface area contributed by atoms with Gasteiger partial charge in [-0.25, -0.2) is 0 Å². The first-order valence-electron chi connectivity index (χ1n) is 9.53. The van der Waals surface area contributed by atoms with Crippen LogP contribution >= 0.6 is 0 Å². The SMILES string of the molecule is C[C@@H]1C[C@@H](C)CN(C[C@H](O)COCC2=CC[C@H]3C[C@H]2C3(C)C)C1. The van der Waals surface area contributed by atoms with Gasteiger partial charge in [0.2, 0.25) is 0 Å². The molecule has 0 radical (unpaired) electrons. The number of likely N-dealkylation sites (tertiary alicyclic amines) is 1. The van der Waals surface area contributed by atoms with E-state index in [-0.39, 0.29) is 6.10 Å². The molecule has 4 aliphatic rings. The van der Waals surface area contributed by atoms with Crippen molar-refractivity contribution < 1.29 is 9.84 Å². The van der Waals surface area contributed by atoms with Gasteiger partial charge < -0.3 is 14.7 Å². The smallest absolute Gasteiger partial charge is 0.0900 e. The summed E-state index contributed by atoms with van der Waals surface area (Å²) in [4.78, 5) is 2.41. The number of β-amino-alcohol motifs (C(OH)–C–C–N with tert-alkyl or cyclic N) is 1. The highest BCUT2D eigenvalue weighted by atomic mass is 16.5. The number of aliphatic hydroxyl groups excluding tert-OH is 1. The minimum Gasteiger partial charge on any atom is -0.389 e. The summed E-state index contributed by atoms with van der Waals surface area (Å²) in [6.07, 6.45) is 5.90. The predicted octanol–water partition coefficient (Wildman–Crippen LogP) is 3.33. The quantitative estimate of drug-likeness (QED) is 0.762. The summed E-state index contributed by atoms with van der Waals surface area (Å²) in [5.74, 6) is 3.08. The van der Waals surface area contributed by atoms with Crippen molar-refractivity contribution >= 4 is 0 Å². The molecule has 0 aromatic heterocycles.